The summed E-state index contributed by atoms with van der Waals surface area (Å²) in [6, 6.07) is 0. The van der Waals surface area contributed by atoms with Gasteiger partial charge in [-0.3, -0.25) is 0 Å². The van der Waals surface area contributed by atoms with E-state index in [4.69, 9.17) is 0 Å². The van der Waals surface area contributed by atoms with Crippen LogP contribution in [0.15, 0.2) is 23.8 Å². The second-order valence-corrected chi connectivity index (χ2v) is 3.61. The van der Waals surface area contributed by atoms with Crippen molar-refractivity contribution in [3.8, 4) is 0 Å². The molecule has 0 aromatic heterocycles. The molecule has 0 amide bonds. The van der Waals surface area contributed by atoms with Crippen LogP contribution in [0.5, 0.6) is 0 Å². The quantitative estimate of drug-likeness (QED) is 0.540. The number of allylic oxidation sites excluding steroid dienone is 4. The summed E-state index contributed by atoms with van der Waals surface area (Å²) in [7, 11) is 0. The van der Waals surface area contributed by atoms with Gasteiger partial charge in [0, 0.05) is 0 Å². The van der Waals surface area contributed by atoms with E-state index in [0.29, 0.717) is 5.41 Å². The van der Waals surface area contributed by atoms with Gasteiger partial charge >= 0.3 is 0 Å². The molecule has 0 atom stereocenters. The lowest BCUT2D eigenvalue weighted by Gasteiger charge is -2.23. The average molecular weight is 182 g/mol. The van der Waals surface area contributed by atoms with Crippen LogP contribution in [0.25, 0.3) is 0 Å². The monoisotopic (exact) mass is 182 g/mol. The van der Waals surface area contributed by atoms with Crippen molar-refractivity contribution in [1.29, 1.82) is 0 Å². The van der Waals surface area contributed by atoms with E-state index >= 15 is 0 Å². The molecule has 0 fully saturated rings. The van der Waals surface area contributed by atoms with Gasteiger partial charge in [0.05, 0.1) is 0 Å². The van der Waals surface area contributed by atoms with E-state index in [1.54, 1.807) is 0 Å². The zero-order valence-corrected chi connectivity index (χ0v) is 10.4. The van der Waals surface area contributed by atoms with Crippen molar-refractivity contribution in [2.24, 2.45) is 5.41 Å². The minimum Gasteiger partial charge on any atom is -0.0877 e. The molecule has 0 saturated heterocycles. The normalized spacial score (nSPS) is 12.7. The second-order valence-electron chi connectivity index (χ2n) is 3.61. The van der Waals surface area contributed by atoms with Crippen LogP contribution in [0.1, 0.15) is 54.9 Å². The van der Waals surface area contributed by atoms with Gasteiger partial charge in [-0.2, -0.15) is 0 Å². The predicted octanol–water partition coefficient (Wildman–Crippen LogP) is 4.97. The summed E-state index contributed by atoms with van der Waals surface area (Å²) in [5, 5.41) is 0. The molecule has 0 spiro atoms. The zero-order valence-electron chi connectivity index (χ0n) is 10.4. The SMILES string of the molecule is C/C=C\C=C(/C)C(C)(C)CC.CC. The summed E-state index contributed by atoms with van der Waals surface area (Å²) >= 11 is 0. The van der Waals surface area contributed by atoms with Crippen molar-refractivity contribution in [3.05, 3.63) is 23.8 Å². The minimum absolute atomic E-state index is 0.361. The standard InChI is InChI=1S/C11H20.C2H6/c1-6-8-9-10(3)11(4,5)7-2;1-2/h6,8-9H,7H2,1-5H3;1-2H3/b8-6-,10-9+;. The van der Waals surface area contributed by atoms with Gasteiger partial charge in [0.2, 0.25) is 0 Å². The molecule has 0 aliphatic rings. The van der Waals surface area contributed by atoms with E-state index in [1.807, 2.05) is 20.8 Å². The molecule has 0 aromatic carbocycles. The first-order valence-corrected chi connectivity index (χ1v) is 5.34. The van der Waals surface area contributed by atoms with E-state index in [2.05, 4.69) is 45.9 Å². The number of rotatable bonds is 3. The van der Waals surface area contributed by atoms with Crippen molar-refractivity contribution >= 4 is 0 Å². The highest BCUT2D eigenvalue weighted by molar-refractivity contribution is 5.15. The molecule has 78 valence electrons. The third kappa shape index (κ3) is 6.62. The van der Waals surface area contributed by atoms with Crippen molar-refractivity contribution in [1.82, 2.24) is 0 Å². The van der Waals surface area contributed by atoms with Crippen LogP contribution in [-0.2, 0) is 0 Å². The molecule has 0 nitrogen and oxygen atoms in total. The molecule has 13 heavy (non-hydrogen) atoms. The Morgan fingerprint density at radius 2 is 1.69 bits per heavy atom. The molecular weight excluding hydrogens is 156 g/mol. The Morgan fingerprint density at radius 3 is 2.00 bits per heavy atom. The topological polar surface area (TPSA) is 0 Å². The molecule has 0 heteroatoms. The Morgan fingerprint density at radius 1 is 1.23 bits per heavy atom. The average Bonchev–Trinajstić information content (AvgIpc) is 2.17. The van der Waals surface area contributed by atoms with Crippen molar-refractivity contribution < 1.29 is 0 Å². The summed E-state index contributed by atoms with van der Waals surface area (Å²) in [5.41, 5.74) is 1.82. The molecule has 0 N–H and O–H groups in total. The lowest BCUT2D eigenvalue weighted by molar-refractivity contribution is 0.429. The van der Waals surface area contributed by atoms with Crippen LogP contribution >= 0.6 is 0 Å². The lowest BCUT2D eigenvalue weighted by Crippen LogP contribution is -2.10. The van der Waals surface area contributed by atoms with Crippen LogP contribution in [0.4, 0.5) is 0 Å². The summed E-state index contributed by atoms with van der Waals surface area (Å²) in [4.78, 5) is 0. The molecular formula is C13H26. The van der Waals surface area contributed by atoms with Crippen LogP contribution < -0.4 is 0 Å². The molecule has 0 aliphatic carbocycles. The van der Waals surface area contributed by atoms with Crippen LogP contribution in [0.2, 0.25) is 0 Å². The van der Waals surface area contributed by atoms with E-state index in [0.717, 1.165) is 0 Å². The summed E-state index contributed by atoms with van der Waals surface area (Å²) in [5.74, 6) is 0. The second kappa shape index (κ2) is 8.10. The van der Waals surface area contributed by atoms with Gasteiger partial charge in [-0.15, -0.1) is 0 Å². The molecule has 0 rings (SSSR count). The highest BCUT2D eigenvalue weighted by atomic mass is 14.2. The predicted molar refractivity (Wildman–Crippen MR) is 64.0 cm³/mol. The molecule has 0 radical (unpaired) electrons. The first-order valence-electron chi connectivity index (χ1n) is 5.34. The fourth-order valence-electron chi connectivity index (χ4n) is 0.745. The van der Waals surface area contributed by atoms with Gasteiger partial charge in [-0.25, -0.2) is 0 Å². The maximum absolute atomic E-state index is 2.28. The van der Waals surface area contributed by atoms with Gasteiger partial charge in [0.1, 0.15) is 0 Å². The Kier molecular flexibility index (Phi) is 9.33. The minimum atomic E-state index is 0.361. The molecule has 0 unspecified atom stereocenters. The zero-order chi connectivity index (χ0) is 10.9. The smallest absolute Gasteiger partial charge is 0.0147 e. The van der Waals surface area contributed by atoms with Gasteiger partial charge < -0.3 is 0 Å². The highest BCUT2D eigenvalue weighted by Gasteiger charge is 2.15. The Bertz CT molecular complexity index is 159. The lowest BCUT2D eigenvalue weighted by atomic mass is 9.82. The van der Waals surface area contributed by atoms with Crippen LogP contribution in [0.3, 0.4) is 0 Å². The van der Waals surface area contributed by atoms with Crippen LogP contribution in [0, 0.1) is 5.41 Å². The van der Waals surface area contributed by atoms with Crippen molar-refractivity contribution in [2.75, 3.05) is 0 Å². The Labute approximate surface area is 84.7 Å². The van der Waals surface area contributed by atoms with Crippen LogP contribution in [-0.4, -0.2) is 0 Å². The first kappa shape index (κ1) is 15.0. The number of hydrogen-bond acceptors (Lipinski definition) is 0. The highest BCUT2D eigenvalue weighted by Crippen LogP contribution is 2.29. The fraction of sp³-hybridized carbons (Fsp3) is 0.692. The van der Waals surface area contributed by atoms with E-state index in [9.17, 15) is 0 Å². The van der Waals surface area contributed by atoms with Gasteiger partial charge in [-0.05, 0) is 25.7 Å². The van der Waals surface area contributed by atoms with Gasteiger partial charge in [-0.1, -0.05) is 58.4 Å². The molecule has 0 bridgehead atoms. The molecule has 0 aliphatic heterocycles. The van der Waals surface area contributed by atoms with Gasteiger partial charge in [0.25, 0.3) is 0 Å². The number of hydrogen-bond donors (Lipinski definition) is 0. The van der Waals surface area contributed by atoms with E-state index in [1.165, 1.54) is 12.0 Å². The third-order valence-corrected chi connectivity index (χ3v) is 2.49. The van der Waals surface area contributed by atoms with Crippen molar-refractivity contribution in [2.45, 2.75) is 54.9 Å². The Balaban J connectivity index is 0. The molecule has 0 aromatic rings. The first-order chi connectivity index (χ1) is 6.04. The molecule has 0 heterocycles. The van der Waals surface area contributed by atoms with Gasteiger partial charge in [0.15, 0.2) is 0 Å². The maximum atomic E-state index is 2.28. The fourth-order valence-corrected chi connectivity index (χ4v) is 0.745. The van der Waals surface area contributed by atoms with Crippen molar-refractivity contribution in [3.63, 3.8) is 0 Å². The van der Waals surface area contributed by atoms with E-state index < -0.39 is 0 Å². The molecule has 0 saturated carbocycles. The largest absolute Gasteiger partial charge is 0.0877 e. The summed E-state index contributed by atoms with van der Waals surface area (Å²) < 4.78 is 0. The van der Waals surface area contributed by atoms with E-state index in [-0.39, 0.29) is 0 Å². The Hall–Kier alpha value is -0.520. The maximum Gasteiger partial charge on any atom is -0.0147 e. The summed E-state index contributed by atoms with van der Waals surface area (Å²) in [6.45, 7) is 15.0. The summed E-state index contributed by atoms with van der Waals surface area (Å²) in [6.07, 6.45) is 7.57. The third-order valence-electron chi connectivity index (χ3n) is 2.49.